The van der Waals surface area contributed by atoms with E-state index in [9.17, 15) is 9.59 Å². The van der Waals surface area contributed by atoms with Gasteiger partial charge >= 0.3 is 0 Å². The highest BCUT2D eigenvalue weighted by atomic mass is 16.2. The van der Waals surface area contributed by atoms with Crippen molar-refractivity contribution in [3.63, 3.8) is 0 Å². The molecule has 2 amide bonds. The zero-order valence-electron chi connectivity index (χ0n) is 12.0. The Kier molecular flexibility index (Phi) is 4.93. The molecule has 0 radical (unpaired) electrons. The van der Waals surface area contributed by atoms with Gasteiger partial charge in [0.1, 0.15) is 0 Å². The number of rotatable bonds is 5. The van der Waals surface area contributed by atoms with Crippen LogP contribution in [-0.4, -0.2) is 59.9 Å². The van der Waals surface area contributed by atoms with Gasteiger partial charge in [-0.25, -0.2) is 0 Å². The molecule has 108 valence electrons. The lowest BCUT2D eigenvalue weighted by Gasteiger charge is -2.40. The summed E-state index contributed by atoms with van der Waals surface area (Å²) in [4.78, 5) is 27.1. The van der Waals surface area contributed by atoms with Gasteiger partial charge in [-0.1, -0.05) is 13.8 Å². The van der Waals surface area contributed by atoms with Gasteiger partial charge in [0.25, 0.3) is 0 Å². The van der Waals surface area contributed by atoms with Gasteiger partial charge in [-0.05, 0) is 12.8 Å². The summed E-state index contributed by atoms with van der Waals surface area (Å²) in [6.45, 7) is 7.79. The monoisotopic (exact) mass is 267 g/mol. The number of imide groups is 1. The number of carbonyl (C=O) groups excluding carboxylic acids is 2. The normalized spacial score (nSPS) is 29.3. The summed E-state index contributed by atoms with van der Waals surface area (Å²) in [5.74, 6) is 0.000416. The minimum Gasteiger partial charge on any atom is -0.311 e. The first-order chi connectivity index (χ1) is 9.15. The van der Waals surface area contributed by atoms with E-state index in [-0.39, 0.29) is 11.8 Å². The highest BCUT2D eigenvalue weighted by Crippen LogP contribution is 2.15. The first-order valence-corrected chi connectivity index (χ1v) is 7.46. The molecule has 2 rings (SSSR count). The average molecular weight is 267 g/mol. The standard InChI is InChI=1S/C14H25N3O2/c1-3-11-10-16(12(4-2)9-15-11)7-8-17-13(18)5-6-14(17)19/h11-12,15H,3-10H2,1-2H3. The number of likely N-dealkylation sites (tertiary alicyclic amines) is 1. The summed E-state index contributed by atoms with van der Waals surface area (Å²) < 4.78 is 0. The molecule has 0 spiro atoms. The van der Waals surface area contributed by atoms with E-state index >= 15 is 0 Å². The zero-order chi connectivity index (χ0) is 13.8. The predicted molar refractivity (Wildman–Crippen MR) is 73.7 cm³/mol. The Morgan fingerprint density at radius 1 is 1.11 bits per heavy atom. The number of nitrogens with one attached hydrogen (secondary N) is 1. The molecule has 2 aliphatic heterocycles. The molecular weight excluding hydrogens is 242 g/mol. The quantitative estimate of drug-likeness (QED) is 0.741. The van der Waals surface area contributed by atoms with E-state index in [4.69, 9.17) is 0 Å². The Morgan fingerprint density at radius 3 is 2.37 bits per heavy atom. The van der Waals surface area contributed by atoms with Gasteiger partial charge in [-0.2, -0.15) is 0 Å². The third-order valence-corrected chi connectivity index (χ3v) is 4.34. The second-order valence-corrected chi connectivity index (χ2v) is 5.51. The Balaban J connectivity index is 1.88. The SMILES string of the molecule is CCC1CN(CCN2C(=O)CCC2=O)C(CC)CN1. The molecule has 5 heteroatoms. The first kappa shape index (κ1) is 14.5. The van der Waals surface area contributed by atoms with Gasteiger partial charge in [-0.3, -0.25) is 19.4 Å². The smallest absolute Gasteiger partial charge is 0.229 e. The van der Waals surface area contributed by atoms with Gasteiger partial charge < -0.3 is 5.32 Å². The summed E-state index contributed by atoms with van der Waals surface area (Å²) >= 11 is 0. The van der Waals surface area contributed by atoms with Crippen LogP contribution < -0.4 is 5.32 Å². The number of hydrogen-bond donors (Lipinski definition) is 1. The minimum atomic E-state index is 0.000208. The van der Waals surface area contributed by atoms with Crippen LogP contribution in [0.5, 0.6) is 0 Å². The third kappa shape index (κ3) is 3.34. The lowest BCUT2D eigenvalue weighted by molar-refractivity contribution is -0.138. The molecule has 2 unspecified atom stereocenters. The summed E-state index contributed by atoms with van der Waals surface area (Å²) in [5, 5.41) is 3.56. The van der Waals surface area contributed by atoms with Gasteiger partial charge in [0.2, 0.25) is 11.8 Å². The third-order valence-electron chi connectivity index (χ3n) is 4.34. The van der Waals surface area contributed by atoms with Gasteiger partial charge in [0.15, 0.2) is 0 Å². The number of amides is 2. The summed E-state index contributed by atoms with van der Waals surface area (Å²) in [5.41, 5.74) is 0. The van der Waals surface area contributed by atoms with Crippen LogP contribution in [0, 0.1) is 0 Å². The van der Waals surface area contributed by atoms with Crippen molar-refractivity contribution in [2.45, 2.75) is 51.6 Å². The van der Waals surface area contributed by atoms with Gasteiger partial charge in [0.05, 0.1) is 0 Å². The van der Waals surface area contributed by atoms with Crippen molar-refractivity contribution in [3.8, 4) is 0 Å². The number of piperazine rings is 1. The highest BCUT2D eigenvalue weighted by Gasteiger charge is 2.31. The van der Waals surface area contributed by atoms with Crippen molar-refractivity contribution in [3.05, 3.63) is 0 Å². The van der Waals surface area contributed by atoms with Crippen LogP contribution in [0.1, 0.15) is 39.5 Å². The lowest BCUT2D eigenvalue weighted by Crippen LogP contribution is -2.57. The van der Waals surface area contributed by atoms with E-state index < -0.39 is 0 Å². The molecular formula is C14H25N3O2. The van der Waals surface area contributed by atoms with E-state index in [1.54, 1.807) is 0 Å². The predicted octanol–water partition coefficient (Wildman–Crippen LogP) is 0.598. The second-order valence-electron chi connectivity index (χ2n) is 5.51. The van der Waals surface area contributed by atoms with E-state index in [2.05, 4.69) is 24.1 Å². The van der Waals surface area contributed by atoms with Crippen LogP contribution in [0.4, 0.5) is 0 Å². The number of carbonyl (C=O) groups is 2. The minimum absolute atomic E-state index is 0.000208. The Labute approximate surface area is 115 Å². The molecule has 2 saturated heterocycles. The van der Waals surface area contributed by atoms with Crippen LogP contribution in [0.2, 0.25) is 0 Å². The Morgan fingerprint density at radius 2 is 1.79 bits per heavy atom. The Hall–Kier alpha value is -0.940. The molecule has 5 nitrogen and oxygen atoms in total. The van der Waals surface area contributed by atoms with Crippen LogP contribution in [-0.2, 0) is 9.59 Å². The molecule has 0 aromatic rings. The topological polar surface area (TPSA) is 52.7 Å². The zero-order valence-corrected chi connectivity index (χ0v) is 12.0. The maximum absolute atomic E-state index is 11.6. The lowest BCUT2D eigenvalue weighted by atomic mass is 10.1. The molecule has 0 saturated carbocycles. The summed E-state index contributed by atoms with van der Waals surface area (Å²) in [6.07, 6.45) is 3.02. The van der Waals surface area contributed by atoms with Gasteiger partial charge in [0, 0.05) is 51.1 Å². The van der Waals surface area contributed by atoms with Crippen LogP contribution >= 0.6 is 0 Å². The number of nitrogens with zero attached hydrogens (tertiary/aromatic N) is 2. The van der Waals surface area contributed by atoms with Crippen molar-refractivity contribution in [2.75, 3.05) is 26.2 Å². The molecule has 0 bridgehead atoms. The Bertz CT molecular complexity index is 330. The van der Waals surface area contributed by atoms with E-state index in [1.807, 2.05) is 0 Å². The van der Waals surface area contributed by atoms with E-state index in [0.717, 1.165) is 32.5 Å². The molecule has 2 fully saturated rings. The fraction of sp³-hybridized carbons (Fsp3) is 0.857. The van der Waals surface area contributed by atoms with Crippen LogP contribution in [0.15, 0.2) is 0 Å². The molecule has 0 aliphatic carbocycles. The van der Waals surface area contributed by atoms with Crippen LogP contribution in [0.25, 0.3) is 0 Å². The van der Waals surface area contributed by atoms with Crippen molar-refractivity contribution in [1.29, 1.82) is 0 Å². The molecule has 1 N–H and O–H groups in total. The molecule has 0 aromatic heterocycles. The van der Waals surface area contributed by atoms with Gasteiger partial charge in [-0.15, -0.1) is 0 Å². The maximum Gasteiger partial charge on any atom is 0.229 e. The number of hydrogen-bond acceptors (Lipinski definition) is 4. The van der Waals surface area contributed by atoms with Crippen molar-refractivity contribution >= 4 is 11.8 Å². The molecule has 19 heavy (non-hydrogen) atoms. The largest absolute Gasteiger partial charge is 0.311 e. The molecule has 2 aliphatic rings. The molecule has 0 aromatic carbocycles. The maximum atomic E-state index is 11.6. The van der Waals surface area contributed by atoms with Crippen molar-refractivity contribution in [2.24, 2.45) is 0 Å². The fourth-order valence-corrected chi connectivity index (χ4v) is 2.98. The first-order valence-electron chi connectivity index (χ1n) is 7.46. The fourth-order valence-electron chi connectivity index (χ4n) is 2.98. The second kappa shape index (κ2) is 6.48. The van der Waals surface area contributed by atoms with Crippen LogP contribution in [0.3, 0.4) is 0 Å². The van der Waals surface area contributed by atoms with Crippen molar-refractivity contribution in [1.82, 2.24) is 15.1 Å². The van der Waals surface area contributed by atoms with Crippen molar-refractivity contribution < 1.29 is 9.59 Å². The van der Waals surface area contributed by atoms with E-state index in [1.165, 1.54) is 4.90 Å². The molecule has 2 heterocycles. The highest BCUT2D eigenvalue weighted by molar-refractivity contribution is 6.01. The average Bonchev–Trinajstić information content (AvgIpc) is 2.75. The summed E-state index contributed by atoms with van der Waals surface area (Å²) in [6, 6.07) is 1.06. The molecule has 2 atom stereocenters. The summed E-state index contributed by atoms with van der Waals surface area (Å²) in [7, 11) is 0. The van der Waals surface area contributed by atoms with E-state index in [0.29, 0.717) is 31.5 Å².